The van der Waals surface area contributed by atoms with E-state index in [1.165, 1.54) is 38.5 Å². The first-order valence-corrected chi connectivity index (χ1v) is 10.3. The second kappa shape index (κ2) is 6.90. The summed E-state index contributed by atoms with van der Waals surface area (Å²) in [5, 5.41) is 0. The molecule has 1 saturated heterocycles. The minimum Gasteiger partial charge on any atom is -0.386 e. The Morgan fingerprint density at radius 1 is 1.10 bits per heavy atom. The number of fused-ring (bicyclic) bond motifs is 1. The van der Waals surface area contributed by atoms with E-state index in [9.17, 15) is 0 Å². The van der Waals surface area contributed by atoms with Crippen molar-refractivity contribution in [3.8, 4) is 0 Å². The van der Waals surface area contributed by atoms with Gasteiger partial charge in [-0.05, 0) is 38.5 Å². The second-order valence-corrected chi connectivity index (χ2v) is 10.4. The first-order valence-electron chi connectivity index (χ1n) is 8.49. The van der Waals surface area contributed by atoms with Gasteiger partial charge in [0.25, 0.3) is 0 Å². The van der Waals surface area contributed by atoms with Crippen LogP contribution in [0, 0.1) is 5.92 Å². The van der Waals surface area contributed by atoms with Gasteiger partial charge in [-0.25, -0.2) is 0 Å². The van der Waals surface area contributed by atoms with Crippen LogP contribution >= 0.6 is 0 Å². The summed E-state index contributed by atoms with van der Waals surface area (Å²) in [5.74, 6) is 0.876. The zero-order valence-corrected chi connectivity index (χ0v) is 15.0. The smallest absolute Gasteiger partial charge is 0.386 e. The molecule has 0 N–H and O–H groups in total. The topological polar surface area (TPSA) is 21.7 Å². The van der Waals surface area contributed by atoms with Crippen LogP contribution in [0.25, 0.3) is 0 Å². The summed E-state index contributed by atoms with van der Waals surface area (Å²) in [5.41, 5.74) is 0.514. The first-order chi connectivity index (χ1) is 9.60. The summed E-state index contributed by atoms with van der Waals surface area (Å²) in [6.45, 7) is 6.96. The lowest BCUT2D eigenvalue weighted by molar-refractivity contribution is 0.0249. The van der Waals surface area contributed by atoms with Gasteiger partial charge < -0.3 is 8.85 Å². The molecule has 20 heavy (non-hydrogen) atoms. The van der Waals surface area contributed by atoms with Gasteiger partial charge in [-0.3, -0.25) is 4.57 Å². The average Bonchev–Trinajstić information content (AvgIpc) is 2.50. The molecule has 0 aromatic carbocycles. The van der Waals surface area contributed by atoms with Crippen molar-refractivity contribution < 1.29 is 8.85 Å². The second-order valence-electron chi connectivity index (χ2n) is 6.79. The summed E-state index contributed by atoms with van der Waals surface area (Å²) < 4.78 is 15.0. The van der Waals surface area contributed by atoms with Gasteiger partial charge >= 0.3 is 8.72 Å². The van der Waals surface area contributed by atoms with Gasteiger partial charge in [0.05, 0.1) is 0 Å². The molecule has 0 radical (unpaired) electrons. The van der Waals surface area contributed by atoms with Gasteiger partial charge in [-0.15, -0.1) is 0 Å². The number of rotatable bonds is 5. The van der Waals surface area contributed by atoms with Gasteiger partial charge in [0.2, 0.25) is 0 Å². The van der Waals surface area contributed by atoms with E-state index in [0.717, 1.165) is 12.3 Å². The molecule has 2 aliphatic rings. The molecule has 118 valence electrons. The molecule has 2 fully saturated rings. The normalized spacial score (nSPS) is 33.8. The van der Waals surface area contributed by atoms with Crippen LogP contribution < -0.4 is 0 Å². The van der Waals surface area contributed by atoms with Crippen LogP contribution in [0.15, 0.2) is 0 Å². The minimum absolute atomic E-state index is 0.514. The lowest BCUT2D eigenvalue weighted by Gasteiger charge is -2.54. The number of hydrogen-bond acceptors (Lipinski definition) is 3. The lowest BCUT2D eigenvalue weighted by atomic mass is 9.78. The first kappa shape index (κ1) is 16.5. The van der Waals surface area contributed by atoms with E-state index in [1.807, 2.05) is 14.2 Å². The zero-order chi connectivity index (χ0) is 14.8. The summed E-state index contributed by atoms with van der Waals surface area (Å²) in [7, 11) is 1.47. The third-order valence-electron chi connectivity index (χ3n) is 5.84. The molecule has 4 unspecified atom stereocenters. The fraction of sp³-hybridized carbons (Fsp3) is 1.00. The summed E-state index contributed by atoms with van der Waals surface area (Å²) in [4.78, 5) is 0. The van der Waals surface area contributed by atoms with E-state index < -0.39 is 8.72 Å². The maximum atomic E-state index is 6.14. The maximum absolute atomic E-state index is 6.14. The highest BCUT2D eigenvalue weighted by atomic mass is 28.4. The van der Waals surface area contributed by atoms with Crippen molar-refractivity contribution in [3.63, 3.8) is 0 Å². The van der Waals surface area contributed by atoms with Gasteiger partial charge in [0.15, 0.2) is 0 Å². The minimum atomic E-state index is -2.28. The average molecular weight is 300 g/mol. The monoisotopic (exact) mass is 299 g/mol. The van der Waals surface area contributed by atoms with Crippen molar-refractivity contribution in [3.05, 3.63) is 0 Å². The van der Waals surface area contributed by atoms with Crippen molar-refractivity contribution in [1.29, 1.82) is 0 Å². The third kappa shape index (κ3) is 2.72. The predicted octanol–water partition coefficient (Wildman–Crippen LogP) is 4.06. The number of hydrogen-bond donors (Lipinski definition) is 0. The van der Waals surface area contributed by atoms with Crippen molar-refractivity contribution in [2.24, 2.45) is 5.92 Å². The molecular formula is C16H33NO2Si. The van der Waals surface area contributed by atoms with Gasteiger partial charge in [0, 0.05) is 31.8 Å². The molecular weight excluding hydrogens is 266 g/mol. The standard InChI is InChI=1S/C16H33NO2Si/c1-6-14(3)20(18-4,19-5)17-13(2)11-12-15-9-7-8-10-16(15)17/h13-16H,6-12H2,1-5H3. The van der Waals surface area contributed by atoms with E-state index in [0.29, 0.717) is 17.6 Å². The van der Waals surface area contributed by atoms with E-state index in [2.05, 4.69) is 25.3 Å². The fourth-order valence-corrected chi connectivity index (χ4v) is 8.52. The zero-order valence-electron chi connectivity index (χ0n) is 14.0. The van der Waals surface area contributed by atoms with Crippen molar-refractivity contribution >= 4 is 8.72 Å². The maximum Gasteiger partial charge on any atom is 0.430 e. The molecule has 0 spiro atoms. The highest BCUT2D eigenvalue weighted by Gasteiger charge is 2.55. The Hall–Kier alpha value is 0.0969. The van der Waals surface area contributed by atoms with Crippen LogP contribution in [-0.4, -0.2) is 39.6 Å². The molecule has 0 amide bonds. The number of piperidine rings is 1. The molecule has 1 saturated carbocycles. The Morgan fingerprint density at radius 3 is 2.35 bits per heavy atom. The Bertz CT molecular complexity index is 309. The SMILES string of the molecule is CCC(C)[Si](OC)(OC)N1C(C)CCC2CCCCC21. The highest BCUT2D eigenvalue weighted by Crippen LogP contribution is 2.43. The van der Waals surface area contributed by atoms with Crippen LogP contribution in [0.3, 0.4) is 0 Å². The third-order valence-corrected chi connectivity index (χ3v) is 10.2. The Labute approximate surface area is 126 Å². The van der Waals surface area contributed by atoms with Crippen LogP contribution in [-0.2, 0) is 8.85 Å². The van der Waals surface area contributed by atoms with Crippen LogP contribution in [0.5, 0.6) is 0 Å². The predicted molar refractivity (Wildman–Crippen MR) is 85.8 cm³/mol. The lowest BCUT2D eigenvalue weighted by Crippen LogP contribution is -2.69. The van der Waals surface area contributed by atoms with Crippen molar-refractivity contribution in [2.45, 2.75) is 83.3 Å². The molecule has 0 bridgehead atoms. The van der Waals surface area contributed by atoms with Crippen LogP contribution in [0.4, 0.5) is 0 Å². The molecule has 1 aliphatic carbocycles. The Morgan fingerprint density at radius 2 is 1.75 bits per heavy atom. The fourth-order valence-electron chi connectivity index (χ4n) is 4.56. The van der Waals surface area contributed by atoms with Crippen molar-refractivity contribution in [2.75, 3.05) is 14.2 Å². The Kier molecular flexibility index (Phi) is 5.68. The number of nitrogens with zero attached hydrogens (tertiary/aromatic N) is 1. The van der Waals surface area contributed by atoms with E-state index >= 15 is 0 Å². The molecule has 4 heteroatoms. The Balaban J connectivity index is 2.32. The van der Waals surface area contributed by atoms with E-state index in [1.54, 1.807) is 0 Å². The highest BCUT2D eigenvalue weighted by molar-refractivity contribution is 6.66. The quantitative estimate of drug-likeness (QED) is 0.715. The van der Waals surface area contributed by atoms with Gasteiger partial charge in [-0.1, -0.05) is 33.1 Å². The molecule has 1 aliphatic heterocycles. The van der Waals surface area contributed by atoms with E-state index in [4.69, 9.17) is 8.85 Å². The van der Waals surface area contributed by atoms with Crippen molar-refractivity contribution in [1.82, 2.24) is 4.57 Å². The van der Waals surface area contributed by atoms with Crippen LogP contribution in [0.1, 0.15) is 65.7 Å². The molecule has 4 atom stereocenters. The molecule has 0 aromatic heterocycles. The summed E-state index contributed by atoms with van der Waals surface area (Å²) >= 11 is 0. The molecule has 2 rings (SSSR count). The van der Waals surface area contributed by atoms with Crippen LogP contribution in [0.2, 0.25) is 5.54 Å². The van der Waals surface area contributed by atoms with Gasteiger partial charge in [-0.2, -0.15) is 0 Å². The van der Waals surface area contributed by atoms with Gasteiger partial charge in [0.1, 0.15) is 0 Å². The summed E-state index contributed by atoms with van der Waals surface area (Å²) in [6, 6.07) is 1.31. The summed E-state index contributed by atoms with van der Waals surface area (Å²) in [6.07, 6.45) is 9.39. The largest absolute Gasteiger partial charge is 0.430 e. The van der Waals surface area contributed by atoms with E-state index in [-0.39, 0.29) is 0 Å². The molecule has 1 heterocycles. The molecule has 3 nitrogen and oxygen atoms in total. The molecule has 0 aromatic rings.